The minimum Gasteiger partial charge on any atom is -0.488 e. The molecule has 5 nitrogen and oxygen atoms in total. The van der Waals surface area contributed by atoms with Gasteiger partial charge in [-0.25, -0.2) is 9.18 Å². The van der Waals surface area contributed by atoms with Gasteiger partial charge in [0.1, 0.15) is 23.9 Å². The van der Waals surface area contributed by atoms with Crippen molar-refractivity contribution in [2.75, 3.05) is 0 Å². The molecule has 0 saturated carbocycles. The molecular formula is C17H12BrFN2O3. The molecule has 2 N–H and O–H groups in total. The number of hydrogen-bond acceptors (Lipinski definition) is 3. The molecule has 1 aliphatic heterocycles. The summed E-state index contributed by atoms with van der Waals surface area (Å²) in [5.74, 6) is -0.274. The first-order valence-electron chi connectivity index (χ1n) is 7.02. The highest BCUT2D eigenvalue weighted by Gasteiger charge is 2.23. The normalized spacial score (nSPS) is 15.3. The zero-order chi connectivity index (χ0) is 17.1. The maximum absolute atomic E-state index is 12.9. The van der Waals surface area contributed by atoms with E-state index in [9.17, 15) is 14.0 Å². The number of urea groups is 1. The van der Waals surface area contributed by atoms with E-state index in [1.54, 1.807) is 30.3 Å². The van der Waals surface area contributed by atoms with Crippen molar-refractivity contribution in [1.29, 1.82) is 0 Å². The molecule has 2 aromatic rings. The predicted octanol–water partition coefficient (Wildman–Crippen LogP) is 3.35. The van der Waals surface area contributed by atoms with Crippen molar-refractivity contribution in [3.05, 3.63) is 69.6 Å². The zero-order valence-electron chi connectivity index (χ0n) is 12.3. The Balaban J connectivity index is 1.83. The van der Waals surface area contributed by atoms with Crippen molar-refractivity contribution in [3.8, 4) is 5.75 Å². The molecule has 122 valence electrons. The van der Waals surface area contributed by atoms with Crippen molar-refractivity contribution in [1.82, 2.24) is 10.6 Å². The van der Waals surface area contributed by atoms with Crippen LogP contribution in [0, 0.1) is 5.82 Å². The smallest absolute Gasteiger partial charge is 0.326 e. The van der Waals surface area contributed by atoms with E-state index >= 15 is 0 Å². The lowest BCUT2D eigenvalue weighted by atomic mass is 10.1. The number of imide groups is 1. The minimum atomic E-state index is -0.560. The summed E-state index contributed by atoms with van der Waals surface area (Å²) in [5.41, 5.74) is 1.58. The predicted molar refractivity (Wildman–Crippen MR) is 89.5 cm³/mol. The van der Waals surface area contributed by atoms with Crippen LogP contribution in [0.4, 0.5) is 9.18 Å². The SMILES string of the molecule is O=C1NC(=O)/C(=C/c2cc(Br)ccc2OCc2ccc(F)cc2)N1. The number of benzene rings is 2. The van der Waals surface area contributed by atoms with Gasteiger partial charge in [-0.1, -0.05) is 28.1 Å². The summed E-state index contributed by atoms with van der Waals surface area (Å²) in [6.45, 7) is 0.247. The minimum absolute atomic E-state index is 0.143. The first kappa shape index (κ1) is 16.2. The summed E-state index contributed by atoms with van der Waals surface area (Å²) in [7, 11) is 0. The number of carbonyl (C=O) groups is 2. The Labute approximate surface area is 145 Å². The van der Waals surface area contributed by atoms with Crippen molar-refractivity contribution < 1.29 is 18.7 Å². The molecule has 0 spiro atoms. The van der Waals surface area contributed by atoms with E-state index in [0.717, 1.165) is 10.0 Å². The number of amides is 3. The second-order valence-electron chi connectivity index (χ2n) is 5.06. The van der Waals surface area contributed by atoms with Gasteiger partial charge in [0.25, 0.3) is 5.91 Å². The lowest BCUT2D eigenvalue weighted by Gasteiger charge is -2.10. The molecule has 7 heteroatoms. The van der Waals surface area contributed by atoms with Gasteiger partial charge in [0.15, 0.2) is 0 Å². The molecule has 1 aliphatic rings. The third-order valence-electron chi connectivity index (χ3n) is 3.30. The second kappa shape index (κ2) is 6.84. The van der Waals surface area contributed by atoms with Crippen LogP contribution in [0.5, 0.6) is 5.75 Å². The maximum atomic E-state index is 12.9. The van der Waals surface area contributed by atoms with Crippen molar-refractivity contribution >= 4 is 33.9 Å². The molecule has 1 heterocycles. The van der Waals surface area contributed by atoms with E-state index in [2.05, 4.69) is 26.6 Å². The number of ether oxygens (including phenoxy) is 1. The van der Waals surface area contributed by atoms with Gasteiger partial charge in [-0.3, -0.25) is 10.1 Å². The van der Waals surface area contributed by atoms with Gasteiger partial charge in [-0.15, -0.1) is 0 Å². The molecule has 2 aromatic carbocycles. The third kappa shape index (κ3) is 3.80. The van der Waals surface area contributed by atoms with E-state index in [1.165, 1.54) is 18.2 Å². The number of carbonyl (C=O) groups excluding carboxylic acids is 2. The summed E-state index contributed by atoms with van der Waals surface area (Å²) >= 11 is 3.36. The van der Waals surface area contributed by atoms with Gasteiger partial charge >= 0.3 is 6.03 Å². The molecule has 1 fully saturated rings. The Kier molecular flexibility index (Phi) is 4.61. The van der Waals surface area contributed by atoms with E-state index in [0.29, 0.717) is 11.3 Å². The van der Waals surface area contributed by atoms with Gasteiger partial charge in [0, 0.05) is 10.0 Å². The molecule has 24 heavy (non-hydrogen) atoms. The van der Waals surface area contributed by atoms with Crippen LogP contribution < -0.4 is 15.4 Å². The van der Waals surface area contributed by atoms with Gasteiger partial charge < -0.3 is 10.1 Å². The topological polar surface area (TPSA) is 67.4 Å². The van der Waals surface area contributed by atoms with E-state index in [4.69, 9.17) is 4.74 Å². The number of hydrogen-bond donors (Lipinski definition) is 2. The fraction of sp³-hybridized carbons (Fsp3) is 0.0588. The van der Waals surface area contributed by atoms with Crippen molar-refractivity contribution in [2.45, 2.75) is 6.61 Å². The first-order chi connectivity index (χ1) is 11.5. The molecule has 0 bridgehead atoms. The summed E-state index contributed by atoms with van der Waals surface area (Å²) in [6, 6.07) is 10.8. The Morgan fingerprint density at radius 1 is 1.08 bits per heavy atom. The number of nitrogens with one attached hydrogen (secondary N) is 2. The molecule has 3 amide bonds. The van der Waals surface area contributed by atoms with E-state index < -0.39 is 11.9 Å². The van der Waals surface area contributed by atoms with Crippen LogP contribution in [0.2, 0.25) is 0 Å². The number of halogens is 2. The first-order valence-corrected chi connectivity index (χ1v) is 7.81. The summed E-state index contributed by atoms with van der Waals surface area (Å²) in [5, 5.41) is 4.57. The van der Waals surface area contributed by atoms with Crippen LogP contribution in [0.15, 0.2) is 52.6 Å². The van der Waals surface area contributed by atoms with Crippen molar-refractivity contribution in [3.63, 3.8) is 0 Å². The van der Waals surface area contributed by atoms with Crippen LogP contribution in [-0.2, 0) is 11.4 Å². The highest BCUT2D eigenvalue weighted by molar-refractivity contribution is 9.10. The maximum Gasteiger partial charge on any atom is 0.326 e. The molecule has 0 unspecified atom stereocenters. The zero-order valence-corrected chi connectivity index (χ0v) is 13.9. The fourth-order valence-electron chi connectivity index (χ4n) is 2.14. The summed E-state index contributed by atoms with van der Waals surface area (Å²) < 4.78 is 19.5. The molecule has 3 rings (SSSR count). The largest absolute Gasteiger partial charge is 0.488 e. The third-order valence-corrected chi connectivity index (χ3v) is 3.79. The summed E-state index contributed by atoms with van der Waals surface area (Å²) in [6.07, 6.45) is 1.53. The lowest BCUT2D eigenvalue weighted by molar-refractivity contribution is -0.115. The van der Waals surface area contributed by atoms with Crippen molar-refractivity contribution in [2.24, 2.45) is 0 Å². The molecular weight excluding hydrogens is 379 g/mol. The van der Waals surface area contributed by atoms with E-state index in [1.807, 2.05) is 0 Å². The Morgan fingerprint density at radius 2 is 1.83 bits per heavy atom. The van der Waals surface area contributed by atoms with Gasteiger partial charge in [0.05, 0.1) is 0 Å². The average Bonchev–Trinajstić information content (AvgIpc) is 2.86. The van der Waals surface area contributed by atoms with Crippen LogP contribution >= 0.6 is 15.9 Å². The highest BCUT2D eigenvalue weighted by atomic mass is 79.9. The van der Waals surface area contributed by atoms with Gasteiger partial charge in [0.2, 0.25) is 0 Å². The van der Waals surface area contributed by atoms with Crippen LogP contribution in [0.3, 0.4) is 0 Å². The Bertz CT molecular complexity index is 834. The summed E-state index contributed by atoms with van der Waals surface area (Å²) in [4.78, 5) is 22.8. The van der Waals surface area contributed by atoms with Crippen LogP contribution in [0.1, 0.15) is 11.1 Å². The van der Waals surface area contributed by atoms with Gasteiger partial charge in [-0.2, -0.15) is 0 Å². The molecule has 0 radical (unpaired) electrons. The second-order valence-corrected chi connectivity index (χ2v) is 5.98. The standard InChI is InChI=1S/C17H12BrFN2O3/c18-12-3-6-15(24-9-10-1-4-13(19)5-2-10)11(7-12)8-14-16(22)21-17(23)20-14/h1-8H,9H2,(H2,20,21,22,23)/b14-8-. The molecule has 0 atom stereocenters. The molecule has 0 aromatic heterocycles. The van der Waals surface area contributed by atoms with E-state index in [-0.39, 0.29) is 18.1 Å². The highest BCUT2D eigenvalue weighted by Crippen LogP contribution is 2.26. The van der Waals surface area contributed by atoms with Crippen LogP contribution in [0.25, 0.3) is 6.08 Å². The monoisotopic (exact) mass is 390 g/mol. The average molecular weight is 391 g/mol. The molecule has 0 aliphatic carbocycles. The fourth-order valence-corrected chi connectivity index (χ4v) is 2.52. The Morgan fingerprint density at radius 3 is 2.50 bits per heavy atom. The number of rotatable bonds is 4. The quantitative estimate of drug-likeness (QED) is 0.621. The van der Waals surface area contributed by atoms with Gasteiger partial charge in [-0.05, 0) is 42.0 Å². The lowest BCUT2D eigenvalue weighted by Crippen LogP contribution is -2.22. The Hall–Kier alpha value is -2.67. The molecule has 1 saturated heterocycles. The van der Waals surface area contributed by atoms with Crippen LogP contribution in [-0.4, -0.2) is 11.9 Å².